The summed E-state index contributed by atoms with van der Waals surface area (Å²) in [6.45, 7) is 0. The first-order valence-corrected chi connectivity index (χ1v) is 2.12. The maximum absolute atomic E-state index is 11.8. The molecule has 0 unspecified atom stereocenters. The van der Waals surface area contributed by atoms with Gasteiger partial charge in [-0.1, -0.05) is 0 Å². The molecule has 0 fully saturated rings. The summed E-state index contributed by atoms with van der Waals surface area (Å²) in [5.41, 5.74) is 0. The van der Waals surface area contributed by atoms with Gasteiger partial charge in [0.25, 0.3) is 0 Å². The Balaban J connectivity index is 3.63. The van der Waals surface area contributed by atoms with Crippen molar-refractivity contribution in [2.24, 2.45) is 0 Å². The van der Waals surface area contributed by atoms with Gasteiger partial charge < -0.3 is 10.2 Å². The van der Waals surface area contributed by atoms with Crippen molar-refractivity contribution in [2.75, 3.05) is 0 Å². The number of aliphatic carboxylic acids is 2. The molecular formula is C4H5FO4. The summed E-state index contributed by atoms with van der Waals surface area (Å²) in [5, 5.41) is 15.6. The number of alkyl halides is 1. The molecule has 0 aromatic heterocycles. The van der Waals surface area contributed by atoms with Crippen LogP contribution in [-0.2, 0) is 9.59 Å². The zero-order chi connectivity index (χ0) is 7.44. The van der Waals surface area contributed by atoms with Crippen molar-refractivity contribution in [1.29, 1.82) is 0 Å². The molecule has 0 aromatic rings. The summed E-state index contributed by atoms with van der Waals surface area (Å²) in [6.07, 6.45) is -3.27. The molecule has 0 aromatic carbocycles. The molecule has 0 aliphatic rings. The molecule has 9 heavy (non-hydrogen) atoms. The van der Waals surface area contributed by atoms with Crippen LogP contribution in [0.15, 0.2) is 0 Å². The van der Waals surface area contributed by atoms with E-state index in [2.05, 4.69) is 0 Å². The minimum atomic E-state index is -2.29. The topological polar surface area (TPSA) is 74.6 Å². The first kappa shape index (κ1) is 7.87. The fourth-order valence-corrected chi connectivity index (χ4v) is 0.241. The number of hydrogen-bond donors (Lipinski definition) is 2. The van der Waals surface area contributed by atoms with Gasteiger partial charge in [0, 0.05) is 0 Å². The van der Waals surface area contributed by atoms with Crippen LogP contribution in [0, 0.1) is 0 Å². The third-order valence-electron chi connectivity index (χ3n) is 0.622. The molecule has 1 atom stereocenters. The van der Waals surface area contributed by atoms with Crippen molar-refractivity contribution < 1.29 is 24.2 Å². The van der Waals surface area contributed by atoms with E-state index in [0.29, 0.717) is 0 Å². The van der Waals surface area contributed by atoms with Crippen LogP contribution < -0.4 is 0 Å². The number of rotatable bonds is 3. The van der Waals surface area contributed by atoms with E-state index in [4.69, 9.17) is 10.2 Å². The molecule has 0 aliphatic heterocycles. The SMILES string of the molecule is O=C(O)C[C@@H](F)C(=O)O. The number of carboxylic acid groups (broad SMARTS) is 2. The molecule has 4 nitrogen and oxygen atoms in total. The summed E-state index contributed by atoms with van der Waals surface area (Å²) in [5.74, 6) is -3.19. The van der Waals surface area contributed by atoms with E-state index in [1.54, 1.807) is 0 Å². The Hall–Kier alpha value is -1.13. The largest absolute Gasteiger partial charge is 0.481 e. The quantitative estimate of drug-likeness (QED) is 0.567. The highest BCUT2D eigenvalue weighted by atomic mass is 19.1. The Morgan fingerprint density at radius 1 is 1.44 bits per heavy atom. The number of halogens is 1. The molecule has 0 saturated heterocycles. The van der Waals surface area contributed by atoms with Gasteiger partial charge in [-0.3, -0.25) is 4.79 Å². The Morgan fingerprint density at radius 3 is 2.00 bits per heavy atom. The summed E-state index contributed by atoms with van der Waals surface area (Å²) in [4.78, 5) is 19.2. The zero-order valence-corrected chi connectivity index (χ0v) is 4.37. The second-order valence-electron chi connectivity index (χ2n) is 1.40. The van der Waals surface area contributed by atoms with Crippen molar-refractivity contribution >= 4 is 11.9 Å². The van der Waals surface area contributed by atoms with Crippen LogP contribution in [0.1, 0.15) is 6.42 Å². The van der Waals surface area contributed by atoms with Crippen LogP contribution in [0.4, 0.5) is 4.39 Å². The lowest BCUT2D eigenvalue weighted by Crippen LogP contribution is -2.18. The van der Waals surface area contributed by atoms with Gasteiger partial charge in [-0.2, -0.15) is 0 Å². The van der Waals surface area contributed by atoms with Crippen molar-refractivity contribution in [3.05, 3.63) is 0 Å². The van der Waals surface area contributed by atoms with Crippen molar-refractivity contribution in [1.82, 2.24) is 0 Å². The maximum Gasteiger partial charge on any atom is 0.338 e. The highest BCUT2D eigenvalue weighted by Crippen LogP contribution is 1.96. The summed E-state index contributed by atoms with van der Waals surface area (Å²) < 4.78 is 11.8. The average molecular weight is 136 g/mol. The second-order valence-corrected chi connectivity index (χ2v) is 1.40. The van der Waals surface area contributed by atoms with Gasteiger partial charge in [0.05, 0.1) is 6.42 Å². The van der Waals surface area contributed by atoms with Crippen LogP contribution in [0.25, 0.3) is 0 Å². The van der Waals surface area contributed by atoms with E-state index in [1.807, 2.05) is 0 Å². The fourth-order valence-electron chi connectivity index (χ4n) is 0.241. The summed E-state index contributed by atoms with van der Waals surface area (Å²) in [7, 11) is 0. The van der Waals surface area contributed by atoms with Gasteiger partial charge in [-0.25, -0.2) is 9.18 Å². The molecule has 0 rings (SSSR count). The standard InChI is InChI=1S/C4H5FO4/c5-2(4(8)9)1-3(6)7/h2H,1H2,(H,6,7)(H,8,9)/t2-/m1/s1. The van der Waals surface area contributed by atoms with Crippen LogP contribution in [0.2, 0.25) is 0 Å². The van der Waals surface area contributed by atoms with Crippen LogP contribution in [0.5, 0.6) is 0 Å². The summed E-state index contributed by atoms with van der Waals surface area (Å²) in [6, 6.07) is 0. The first-order chi connectivity index (χ1) is 4.04. The van der Waals surface area contributed by atoms with E-state index in [0.717, 1.165) is 0 Å². The molecule has 0 bridgehead atoms. The monoisotopic (exact) mass is 136 g/mol. The number of carboxylic acids is 2. The molecule has 52 valence electrons. The van der Waals surface area contributed by atoms with Crippen molar-refractivity contribution in [2.45, 2.75) is 12.6 Å². The van der Waals surface area contributed by atoms with Gasteiger partial charge in [0.15, 0.2) is 0 Å². The van der Waals surface area contributed by atoms with E-state index in [-0.39, 0.29) is 0 Å². The first-order valence-electron chi connectivity index (χ1n) is 2.12. The fraction of sp³-hybridized carbons (Fsp3) is 0.500. The van der Waals surface area contributed by atoms with Gasteiger partial charge in [-0.15, -0.1) is 0 Å². The lowest BCUT2D eigenvalue weighted by molar-refractivity contribution is -0.149. The second kappa shape index (κ2) is 3.01. The van der Waals surface area contributed by atoms with Crippen LogP contribution >= 0.6 is 0 Å². The molecule has 0 amide bonds. The molecule has 5 heteroatoms. The molecule has 0 heterocycles. The third kappa shape index (κ3) is 3.45. The van der Waals surface area contributed by atoms with Gasteiger partial charge >= 0.3 is 11.9 Å². The molecule has 0 spiro atoms. The smallest absolute Gasteiger partial charge is 0.338 e. The molecule has 0 aliphatic carbocycles. The normalized spacial score (nSPS) is 12.6. The Morgan fingerprint density at radius 2 is 1.89 bits per heavy atom. The molecule has 0 radical (unpaired) electrons. The van der Waals surface area contributed by atoms with E-state index in [9.17, 15) is 14.0 Å². The number of hydrogen-bond acceptors (Lipinski definition) is 2. The van der Waals surface area contributed by atoms with Gasteiger partial charge in [0.1, 0.15) is 0 Å². The maximum atomic E-state index is 11.8. The third-order valence-corrected chi connectivity index (χ3v) is 0.622. The van der Waals surface area contributed by atoms with E-state index in [1.165, 1.54) is 0 Å². The zero-order valence-electron chi connectivity index (χ0n) is 4.37. The van der Waals surface area contributed by atoms with Crippen LogP contribution in [0.3, 0.4) is 0 Å². The molecule has 0 saturated carbocycles. The molecule has 2 N–H and O–H groups in total. The van der Waals surface area contributed by atoms with Gasteiger partial charge in [0.2, 0.25) is 6.17 Å². The Bertz CT molecular complexity index is 133. The Labute approximate surface area is 49.9 Å². The lowest BCUT2D eigenvalue weighted by atomic mass is 10.3. The van der Waals surface area contributed by atoms with E-state index >= 15 is 0 Å². The van der Waals surface area contributed by atoms with Crippen molar-refractivity contribution in [3.63, 3.8) is 0 Å². The predicted molar refractivity (Wildman–Crippen MR) is 24.8 cm³/mol. The predicted octanol–water partition coefficient (Wildman–Crippen LogP) is -0.116. The number of carbonyl (C=O) groups is 2. The minimum Gasteiger partial charge on any atom is -0.481 e. The summed E-state index contributed by atoms with van der Waals surface area (Å²) >= 11 is 0. The van der Waals surface area contributed by atoms with Crippen LogP contribution in [-0.4, -0.2) is 28.3 Å². The minimum absolute atomic E-state index is 0.977. The molecular weight excluding hydrogens is 131 g/mol. The Kier molecular flexibility index (Phi) is 2.63. The highest BCUT2D eigenvalue weighted by Gasteiger charge is 2.18. The van der Waals surface area contributed by atoms with E-state index < -0.39 is 24.5 Å². The average Bonchev–Trinajstić information content (AvgIpc) is 1.63. The van der Waals surface area contributed by atoms with Crippen molar-refractivity contribution in [3.8, 4) is 0 Å². The lowest BCUT2D eigenvalue weighted by Gasteiger charge is -1.94. The highest BCUT2D eigenvalue weighted by molar-refractivity contribution is 5.79. The van der Waals surface area contributed by atoms with Gasteiger partial charge in [-0.05, 0) is 0 Å².